The molecule has 0 fully saturated rings. The second-order valence-corrected chi connectivity index (χ2v) is 9.26. The molecular weight excluding hydrogens is 497 g/mol. The summed E-state index contributed by atoms with van der Waals surface area (Å²) in [5.74, 6) is -2.67. The van der Waals surface area contributed by atoms with E-state index in [9.17, 15) is 18.8 Å². The second-order valence-electron chi connectivity index (χ2n) is 8.82. The van der Waals surface area contributed by atoms with Crippen LogP contribution in [0.25, 0.3) is 0 Å². The van der Waals surface area contributed by atoms with E-state index in [2.05, 4.69) is 5.32 Å². The van der Waals surface area contributed by atoms with Crippen LogP contribution in [0, 0.1) is 5.82 Å². The van der Waals surface area contributed by atoms with Crippen LogP contribution in [0.15, 0.2) is 95.6 Å². The minimum Gasteiger partial charge on any atom is -0.461 e. The van der Waals surface area contributed by atoms with Crippen molar-refractivity contribution in [3.8, 4) is 5.75 Å². The van der Waals surface area contributed by atoms with Crippen molar-refractivity contribution in [2.24, 2.45) is 0 Å². The van der Waals surface area contributed by atoms with Crippen molar-refractivity contribution in [3.63, 3.8) is 0 Å². The summed E-state index contributed by atoms with van der Waals surface area (Å²) >= 11 is 6.32. The van der Waals surface area contributed by atoms with Crippen molar-refractivity contribution in [1.29, 1.82) is 0 Å². The highest BCUT2D eigenvalue weighted by Gasteiger charge is 2.54. The molecule has 8 heteroatoms. The average Bonchev–Trinajstić information content (AvgIpc) is 3.43. The Bertz CT molecular complexity index is 1450. The normalized spacial score (nSPS) is 18.5. The average molecular weight is 518 g/mol. The number of nitrogens with one attached hydrogen (secondary N) is 1. The van der Waals surface area contributed by atoms with Crippen LogP contribution in [0.5, 0.6) is 5.75 Å². The third-order valence-electron chi connectivity index (χ3n) is 6.46. The third kappa shape index (κ3) is 4.90. The molecule has 0 bridgehead atoms. The zero-order valence-electron chi connectivity index (χ0n) is 19.4. The molecule has 1 aromatic heterocycles. The summed E-state index contributed by atoms with van der Waals surface area (Å²) in [6, 6.07) is 22.0. The van der Waals surface area contributed by atoms with Crippen LogP contribution in [0.4, 0.5) is 4.39 Å². The number of amides is 1. The zero-order chi connectivity index (χ0) is 26.0. The maximum absolute atomic E-state index is 13.8. The lowest BCUT2D eigenvalue weighted by Gasteiger charge is -2.43. The first kappa shape index (κ1) is 24.5. The summed E-state index contributed by atoms with van der Waals surface area (Å²) in [5.41, 5.74) is -0.302. The van der Waals surface area contributed by atoms with E-state index < -0.39 is 29.2 Å². The van der Waals surface area contributed by atoms with Crippen LogP contribution in [0.2, 0.25) is 5.02 Å². The largest absolute Gasteiger partial charge is 0.461 e. The van der Waals surface area contributed by atoms with Gasteiger partial charge in [0.05, 0.1) is 6.26 Å². The summed E-state index contributed by atoms with van der Waals surface area (Å²) in [7, 11) is 0. The first-order valence-corrected chi connectivity index (χ1v) is 11.9. The van der Waals surface area contributed by atoms with Gasteiger partial charge in [-0.25, -0.2) is 9.18 Å². The molecule has 1 N–H and O–H groups in total. The summed E-state index contributed by atoms with van der Waals surface area (Å²) in [6.45, 7) is 0. The molecule has 3 aromatic carbocycles. The number of hydrogen-bond acceptors (Lipinski definition) is 5. The Morgan fingerprint density at radius 3 is 2.43 bits per heavy atom. The summed E-state index contributed by atoms with van der Waals surface area (Å²) in [6.07, 6.45) is 1.24. The van der Waals surface area contributed by atoms with Gasteiger partial charge in [-0.1, -0.05) is 41.9 Å². The Balaban J connectivity index is 1.65. The summed E-state index contributed by atoms with van der Waals surface area (Å²) < 4.78 is 24.5. The number of halogens is 2. The number of Topliss-reactive ketones (excluding diaryl/α,β-unsaturated/α-hetero) is 1. The van der Waals surface area contributed by atoms with Crippen molar-refractivity contribution in [2.75, 3.05) is 0 Å². The van der Waals surface area contributed by atoms with Gasteiger partial charge < -0.3 is 14.5 Å². The number of furan rings is 1. The summed E-state index contributed by atoms with van der Waals surface area (Å²) in [4.78, 5) is 40.5. The van der Waals surface area contributed by atoms with E-state index in [1.807, 2.05) is 30.3 Å². The number of fused-ring (bicyclic) bond motifs is 1. The Morgan fingerprint density at radius 1 is 0.973 bits per heavy atom. The molecule has 4 aromatic rings. The molecule has 0 saturated heterocycles. The van der Waals surface area contributed by atoms with Gasteiger partial charge in [0.2, 0.25) is 0 Å². The van der Waals surface area contributed by atoms with Crippen molar-refractivity contribution in [3.05, 3.63) is 124 Å². The monoisotopic (exact) mass is 517 g/mol. The number of rotatable bonds is 7. The van der Waals surface area contributed by atoms with Crippen molar-refractivity contribution >= 4 is 29.3 Å². The minimum absolute atomic E-state index is 0.0294. The molecule has 1 aliphatic rings. The highest BCUT2D eigenvalue weighted by molar-refractivity contribution is 6.30. The molecule has 0 unspecified atom stereocenters. The van der Waals surface area contributed by atoms with Gasteiger partial charge in [-0.05, 0) is 60.2 Å². The van der Waals surface area contributed by atoms with Gasteiger partial charge in [0.15, 0.2) is 11.5 Å². The van der Waals surface area contributed by atoms with E-state index in [0.717, 1.165) is 17.7 Å². The fraction of sp³-hybridized carbons (Fsp3) is 0.138. The molecule has 186 valence electrons. The summed E-state index contributed by atoms with van der Waals surface area (Å²) in [5, 5.41) is 3.25. The van der Waals surface area contributed by atoms with E-state index >= 15 is 0 Å². The number of carbonyl (C=O) groups is 3. The SMILES string of the molecule is O=C(N[C@]1(Cc2ccccc2)C(=O)Oc2ccc(Cl)cc2[C@H]1CC(=O)c1ccco1)c1ccc(F)cc1. The smallest absolute Gasteiger partial charge is 0.338 e. The van der Waals surface area contributed by atoms with E-state index in [0.29, 0.717) is 10.6 Å². The van der Waals surface area contributed by atoms with Crippen LogP contribution < -0.4 is 10.1 Å². The third-order valence-corrected chi connectivity index (χ3v) is 6.70. The maximum atomic E-state index is 13.8. The van der Waals surface area contributed by atoms with Gasteiger partial charge in [-0.2, -0.15) is 0 Å². The molecule has 0 saturated carbocycles. The number of esters is 1. The fourth-order valence-electron chi connectivity index (χ4n) is 4.66. The number of carbonyl (C=O) groups excluding carboxylic acids is 3. The first-order valence-electron chi connectivity index (χ1n) is 11.6. The molecule has 0 radical (unpaired) electrons. The quantitative estimate of drug-likeness (QED) is 0.191. The first-order chi connectivity index (χ1) is 17.9. The number of ketones is 1. The Labute approximate surface area is 217 Å². The molecule has 1 amide bonds. The van der Waals surface area contributed by atoms with Gasteiger partial charge in [0.25, 0.3) is 5.91 Å². The lowest BCUT2D eigenvalue weighted by atomic mass is 9.70. The molecule has 1 aliphatic heterocycles. The van der Waals surface area contributed by atoms with Crippen LogP contribution in [-0.4, -0.2) is 23.2 Å². The van der Waals surface area contributed by atoms with Gasteiger partial charge >= 0.3 is 5.97 Å². The van der Waals surface area contributed by atoms with Gasteiger partial charge in [-0.15, -0.1) is 0 Å². The lowest BCUT2D eigenvalue weighted by Crippen LogP contribution is -2.63. The van der Waals surface area contributed by atoms with E-state index in [1.165, 1.54) is 18.4 Å². The van der Waals surface area contributed by atoms with Crippen LogP contribution in [0.1, 0.15) is 44.4 Å². The number of benzene rings is 3. The molecule has 5 rings (SSSR count). The van der Waals surface area contributed by atoms with Crippen LogP contribution in [-0.2, 0) is 11.2 Å². The highest BCUT2D eigenvalue weighted by atomic mass is 35.5. The molecule has 2 heterocycles. The predicted octanol–water partition coefficient (Wildman–Crippen LogP) is 5.76. The Morgan fingerprint density at radius 2 is 1.73 bits per heavy atom. The molecule has 2 atom stereocenters. The fourth-order valence-corrected chi connectivity index (χ4v) is 4.84. The number of ether oxygens (including phenoxy) is 1. The Hall–Kier alpha value is -4.23. The minimum atomic E-state index is -1.69. The molecule has 6 nitrogen and oxygen atoms in total. The maximum Gasteiger partial charge on any atom is 0.338 e. The predicted molar refractivity (Wildman–Crippen MR) is 134 cm³/mol. The highest BCUT2D eigenvalue weighted by Crippen LogP contribution is 2.45. The molecule has 0 spiro atoms. The van der Waals surface area contributed by atoms with Crippen LogP contribution >= 0.6 is 11.6 Å². The second kappa shape index (κ2) is 10.0. The van der Waals surface area contributed by atoms with Crippen molar-refractivity contribution in [1.82, 2.24) is 5.32 Å². The van der Waals surface area contributed by atoms with Gasteiger partial charge in [0, 0.05) is 34.9 Å². The molecule has 37 heavy (non-hydrogen) atoms. The van der Waals surface area contributed by atoms with Crippen molar-refractivity contribution < 1.29 is 27.9 Å². The van der Waals surface area contributed by atoms with E-state index in [1.54, 1.807) is 30.3 Å². The standard InChI is InChI=1S/C29H21ClFNO5/c30-20-10-13-25-22(15-20)23(16-24(33)26-7-4-14-36-26)29(28(35)37-25,17-18-5-2-1-3-6-18)32-27(34)19-8-11-21(31)12-9-19/h1-15,23H,16-17H2,(H,32,34)/t23-,29+/m1/s1. The Kier molecular flexibility index (Phi) is 6.63. The van der Waals surface area contributed by atoms with Gasteiger partial charge in [0.1, 0.15) is 17.1 Å². The van der Waals surface area contributed by atoms with E-state index in [-0.39, 0.29) is 35.7 Å². The topological polar surface area (TPSA) is 85.6 Å². The van der Waals surface area contributed by atoms with Crippen LogP contribution in [0.3, 0.4) is 0 Å². The zero-order valence-corrected chi connectivity index (χ0v) is 20.2. The lowest BCUT2D eigenvalue weighted by molar-refractivity contribution is -0.144. The van der Waals surface area contributed by atoms with Crippen molar-refractivity contribution in [2.45, 2.75) is 24.3 Å². The van der Waals surface area contributed by atoms with Gasteiger partial charge in [-0.3, -0.25) is 9.59 Å². The molecule has 0 aliphatic carbocycles. The number of hydrogen-bond donors (Lipinski definition) is 1. The molecular formula is C29H21ClFNO5. The van der Waals surface area contributed by atoms with E-state index in [4.69, 9.17) is 20.8 Å².